The molecule has 0 fully saturated rings. The second-order valence-electron chi connectivity index (χ2n) is 3.88. The Morgan fingerprint density at radius 3 is 2.52 bits per heavy atom. The maximum atomic E-state index is 11.9. The predicted molar refractivity (Wildman–Crippen MR) is 70.0 cm³/mol. The number of carbonyl (C=O) groups excluding carboxylic acids is 1. The second kappa shape index (κ2) is 5.74. The van der Waals surface area contributed by atoms with Gasteiger partial charge in [-0.2, -0.15) is 10.2 Å². The molecule has 0 aliphatic heterocycles. The summed E-state index contributed by atoms with van der Waals surface area (Å²) in [5.41, 5.74) is -0.691. The van der Waals surface area contributed by atoms with Gasteiger partial charge in [-0.1, -0.05) is 0 Å². The number of benzene rings is 1. The van der Waals surface area contributed by atoms with E-state index in [4.69, 9.17) is 5.11 Å². The lowest BCUT2D eigenvalue weighted by Crippen LogP contribution is -2.14. The van der Waals surface area contributed by atoms with Gasteiger partial charge in [0.15, 0.2) is 0 Å². The van der Waals surface area contributed by atoms with E-state index in [-0.39, 0.29) is 16.8 Å². The lowest BCUT2D eigenvalue weighted by atomic mass is 10.1. The number of nitro groups is 1. The third-order valence-corrected chi connectivity index (χ3v) is 2.54. The van der Waals surface area contributed by atoms with Crippen LogP contribution in [0, 0.1) is 10.1 Å². The first-order chi connectivity index (χ1) is 9.99. The number of aromatic carboxylic acids is 1. The summed E-state index contributed by atoms with van der Waals surface area (Å²) in [6, 6.07) is 4.59. The molecule has 9 heteroatoms. The highest BCUT2D eigenvalue weighted by molar-refractivity contribution is 6.05. The molecule has 0 spiro atoms. The zero-order valence-corrected chi connectivity index (χ0v) is 10.4. The highest BCUT2D eigenvalue weighted by Crippen LogP contribution is 2.26. The van der Waals surface area contributed by atoms with Gasteiger partial charge in [-0.15, -0.1) is 0 Å². The number of aromatic nitrogens is 2. The van der Waals surface area contributed by atoms with Gasteiger partial charge >= 0.3 is 5.97 Å². The predicted octanol–water partition coefficient (Wildman–Crippen LogP) is 1.34. The van der Waals surface area contributed by atoms with Gasteiger partial charge in [-0.3, -0.25) is 14.9 Å². The lowest BCUT2D eigenvalue weighted by Gasteiger charge is -2.06. The van der Waals surface area contributed by atoms with Gasteiger partial charge in [0.25, 0.3) is 11.6 Å². The van der Waals surface area contributed by atoms with Crippen molar-refractivity contribution >= 4 is 23.3 Å². The maximum absolute atomic E-state index is 11.9. The number of nitrogens with zero attached hydrogens (tertiary/aromatic N) is 3. The van der Waals surface area contributed by atoms with E-state index >= 15 is 0 Å². The van der Waals surface area contributed by atoms with Crippen LogP contribution < -0.4 is 5.32 Å². The number of hydrogen-bond acceptors (Lipinski definition) is 6. The SMILES string of the molecule is O=C(O)c1ccc(NC(=O)c2ccnnc2)c([N+](=O)[O-])c1. The molecule has 2 rings (SSSR count). The van der Waals surface area contributed by atoms with Crippen molar-refractivity contribution in [1.82, 2.24) is 10.2 Å². The van der Waals surface area contributed by atoms with Crippen LogP contribution in [0.1, 0.15) is 20.7 Å². The molecule has 0 unspecified atom stereocenters. The van der Waals surface area contributed by atoms with Crippen LogP contribution in [0.25, 0.3) is 0 Å². The average Bonchev–Trinajstić information content (AvgIpc) is 2.48. The monoisotopic (exact) mass is 288 g/mol. The van der Waals surface area contributed by atoms with E-state index in [1.54, 1.807) is 0 Å². The fourth-order valence-corrected chi connectivity index (χ4v) is 1.54. The standard InChI is InChI=1S/C12H8N4O5/c17-11(8-3-4-13-14-6-8)15-9-2-1-7(12(18)19)5-10(9)16(20)21/h1-6H,(H,15,17)(H,18,19). The Morgan fingerprint density at radius 2 is 1.95 bits per heavy atom. The van der Waals surface area contributed by atoms with E-state index in [1.165, 1.54) is 18.5 Å². The second-order valence-corrected chi connectivity index (χ2v) is 3.88. The summed E-state index contributed by atoms with van der Waals surface area (Å²) in [4.78, 5) is 32.9. The van der Waals surface area contributed by atoms with E-state index in [9.17, 15) is 19.7 Å². The molecule has 2 N–H and O–H groups in total. The summed E-state index contributed by atoms with van der Waals surface area (Å²) in [6.45, 7) is 0. The Hall–Kier alpha value is -3.36. The summed E-state index contributed by atoms with van der Waals surface area (Å²) < 4.78 is 0. The van der Waals surface area contributed by atoms with E-state index in [2.05, 4.69) is 15.5 Å². The molecule has 1 aromatic carbocycles. The normalized spacial score (nSPS) is 9.90. The number of carboxylic acids is 1. The van der Waals surface area contributed by atoms with Crippen molar-refractivity contribution in [3.8, 4) is 0 Å². The largest absolute Gasteiger partial charge is 0.478 e. The number of amides is 1. The zero-order valence-electron chi connectivity index (χ0n) is 10.4. The molecule has 0 bridgehead atoms. The smallest absolute Gasteiger partial charge is 0.335 e. The Labute approximate surface area is 117 Å². The summed E-state index contributed by atoms with van der Waals surface area (Å²) in [5, 5.41) is 29.1. The van der Waals surface area contributed by atoms with Gasteiger partial charge in [0.1, 0.15) is 5.69 Å². The van der Waals surface area contributed by atoms with Crippen molar-refractivity contribution in [2.75, 3.05) is 5.32 Å². The number of nitro benzene ring substituents is 1. The number of carbonyl (C=O) groups is 2. The van der Waals surface area contributed by atoms with Gasteiger partial charge in [0.05, 0.1) is 28.4 Å². The molecule has 0 saturated heterocycles. The van der Waals surface area contributed by atoms with Gasteiger partial charge in [0.2, 0.25) is 0 Å². The van der Waals surface area contributed by atoms with Gasteiger partial charge < -0.3 is 10.4 Å². The lowest BCUT2D eigenvalue weighted by molar-refractivity contribution is -0.383. The Kier molecular flexibility index (Phi) is 3.84. The molecular formula is C12H8N4O5. The van der Waals surface area contributed by atoms with Crippen LogP contribution in [0.5, 0.6) is 0 Å². The average molecular weight is 288 g/mol. The molecule has 0 aliphatic rings. The zero-order chi connectivity index (χ0) is 15.4. The number of anilines is 1. The first-order valence-electron chi connectivity index (χ1n) is 5.59. The minimum Gasteiger partial charge on any atom is -0.478 e. The highest BCUT2D eigenvalue weighted by Gasteiger charge is 2.19. The molecule has 1 heterocycles. The van der Waals surface area contributed by atoms with Crippen LogP contribution in [0.3, 0.4) is 0 Å². The Morgan fingerprint density at radius 1 is 1.19 bits per heavy atom. The van der Waals surface area contributed by atoms with Gasteiger partial charge in [-0.05, 0) is 18.2 Å². The van der Waals surface area contributed by atoms with Crippen LogP contribution >= 0.6 is 0 Å². The number of nitrogens with one attached hydrogen (secondary N) is 1. The molecule has 1 aromatic heterocycles. The molecule has 2 aromatic rings. The van der Waals surface area contributed by atoms with Crippen LogP contribution in [0.2, 0.25) is 0 Å². The molecule has 0 radical (unpaired) electrons. The van der Waals surface area contributed by atoms with Crippen molar-refractivity contribution in [2.24, 2.45) is 0 Å². The third-order valence-electron chi connectivity index (χ3n) is 2.54. The fraction of sp³-hybridized carbons (Fsp3) is 0. The summed E-state index contributed by atoms with van der Waals surface area (Å²) in [5.74, 6) is -1.91. The summed E-state index contributed by atoms with van der Waals surface area (Å²) in [6.07, 6.45) is 2.50. The van der Waals surface area contributed by atoms with Crippen LogP contribution in [-0.4, -0.2) is 32.1 Å². The maximum Gasteiger partial charge on any atom is 0.335 e. The first kappa shape index (κ1) is 14.1. The summed E-state index contributed by atoms with van der Waals surface area (Å²) >= 11 is 0. The van der Waals surface area contributed by atoms with E-state index in [0.29, 0.717) is 0 Å². The van der Waals surface area contributed by atoms with Crippen LogP contribution in [0.4, 0.5) is 11.4 Å². The topological polar surface area (TPSA) is 135 Å². The number of carboxylic acid groups (broad SMARTS) is 1. The van der Waals surface area contributed by atoms with Crippen LogP contribution in [-0.2, 0) is 0 Å². The highest BCUT2D eigenvalue weighted by atomic mass is 16.6. The van der Waals surface area contributed by atoms with E-state index in [1.807, 2.05) is 0 Å². The molecule has 21 heavy (non-hydrogen) atoms. The quantitative estimate of drug-likeness (QED) is 0.639. The molecule has 0 aliphatic carbocycles. The minimum absolute atomic E-state index is 0.105. The summed E-state index contributed by atoms with van der Waals surface area (Å²) in [7, 11) is 0. The minimum atomic E-state index is -1.30. The molecule has 0 atom stereocenters. The molecule has 0 saturated carbocycles. The first-order valence-corrected chi connectivity index (χ1v) is 5.59. The number of rotatable bonds is 4. The van der Waals surface area contributed by atoms with E-state index < -0.39 is 22.5 Å². The molecule has 106 valence electrons. The van der Waals surface area contributed by atoms with E-state index in [0.717, 1.165) is 18.2 Å². The van der Waals surface area contributed by atoms with Crippen molar-refractivity contribution in [2.45, 2.75) is 0 Å². The van der Waals surface area contributed by atoms with Crippen molar-refractivity contribution in [3.63, 3.8) is 0 Å². The molecule has 1 amide bonds. The number of hydrogen-bond donors (Lipinski definition) is 2. The van der Waals surface area contributed by atoms with Crippen molar-refractivity contribution in [3.05, 3.63) is 57.9 Å². The molecular weight excluding hydrogens is 280 g/mol. The Bertz CT molecular complexity index is 717. The molecule has 9 nitrogen and oxygen atoms in total. The van der Waals surface area contributed by atoms with Gasteiger partial charge in [-0.25, -0.2) is 4.79 Å². The van der Waals surface area contributed by atoms with Crippen LogP contribution in [0.15, 0.2) is 36.7 Å². The van der Waals surface area contributed by atoms with Crippen molar-refractivity contribution in [1.29, 1.82) is 0 Å². The third kappa shape index (κ3) is 3.15. The fourth-order valence-electron chi connectivity index (χ4n) is 1.54. The van der Waals surface area contributed by atoms with Gasteiger partial charge in [0, 0.05) is 6.07 Å². The van der Waals surface area contributed by atoms with Crippen molar-refractivity contribution < 1.29 is 19.6 Å². The Balaban J connectivity index is 2.34.